The second-order valence-electron chi connectivity index (χ2n) is 6.33. The molecule has 1 aliphatic heterocycles. The molecule has 0 saturated carbocycles. The zero-order valence-corrected chi connectivity index (χ0v) is 16.4. The summed E-state index contributed by atoms with van der Waals surface area (Å²) in [5, 5.41) is 12.0. The van der Waals surface area contributed by atoms with Crippen LogP contribution in [0.25, 0.3) is 0 Å². The summed E-state index contributed by atoms with van der Waals surface area (Å²) < 4.78 is 37.8. The molecule has 2 N–H and O–H groups in total. The molecule has 1 saturated heterocycles. The number of aromatic hydroxyl groups is 1. The van der Waals surface area contributed by atoms with E-state index in [9.17, 15) is 18.3 Å². The zero-order chi connectivity index (χ0) is 20.3. The van der Waals surface area contributed by atoms with Crippen LogP contribution in [0.5, 0.6) is 17.2 Å². The first kappa shape index (κ1) is 20.0. The van der Waals surface area contributed by atoms with E-state index in [0.29, 0.717) is 30.0 Å². The summed E-state index contributed by atoms with van der Waals surface area (Å²) in [4.78, 5) is 12.7. The number of hydrogen-bond acceptors (Lipinski definition) is 6. The molecule has 0 aliphatic carbocycles. The van der Waals surface area contributed by atoms with Gasteiger partial charge >= 0.3 is 0 Å². The van der Waals surface area contributed by atoms with Gasteiger partial charge in [0, 0.05) is 18.3 Å². The van der Waals surface area contributed by atoms with Crippen LogP contribution >= 0.6 is 0 Å². The Kier molecular flexibility index (Phi) is 5.76. The van der Waals surface area contributed by atoms with Crippen LogP contribution in [0.15, 0.2) is 47.4 Å². The maximum absolute atomic E-state index is 13.1. The Hall–Kier alpha value is -2.78. The van der Waals surface area contributed by atoms with Crippen molar-refractivity contribution in [2.24, 2.45) is 0 Å². The minimum absolute atomic E-state index is 0.0366. The van der Waals surface area contributed by atoms with Crippen LogP contribution in [0, 0.1) is 0 Å². The predicted molar refractivity (Wildman–Crippen MR) is 103 cm³/mol. The molecule has 2 aromatic carbocycles. The lowest BCUT2D eigenvalue weighted by Crippen LogP contribution is -2.43. The molecule has 1 unspecified atom stereocenters. The fourth-order valence-corrected chi connectivity index (χ4v) is 4.84. The smallest absolute Gasteiger partial charge is 0.243 e. The van der Waals surface area contributed by atoms with Gasteiger partial charge in [0.1, 0.15) is 11.8 Å². The van der Waals surface area contributed by atoms with Gasteiger partial charge in [0.2, 0.25) is 15.9 Å². The Morgan fingerprint density at radius 3 is 2.43 bits per heavy atom. The molecule has 1 atom stereocenters. The van der Waals surface area contributed by atoms with Crippen molar-refractivity contribution < 1.29 is 27.8 Å². The van der Waals surface area contributed by atoms with Crippen molar-refractivity contribution >= 4 is 21.6 Å². The van der Waals surface area contributed by atoms with E-state index in [-0.39, 0.29) is 17.2 Å². The molecule has 3 rings (SSSR count). The fraction of sp³-hybridized carbons (Fsp3) is 0.316. The maximum Gasteiger partial charge on any atom is 0.243 e. The van der Waals surface area contributed by atoms with Gasteiger partial charge in [-0.3, -0.25) is 4.79 Å². The first-order valence-electron chi connectivity index (χ1n) is 8.70. The molecule has 0 bridgehead atoms. The summed E-state index contributed by atoms with van der Waals surface area (Å²) >= 11 is 0. The van der Waals surface area contributed by atoms with Crippen molar-refractivity contribution in [3.8, 4) is 17.2 Å². The summed E-state index contributed by atoms with van der Waals surface area (Å²) in [6, 6.07) is 9.53. The summed E-state index contributed by atoms with van der Waals surface area (Å²) in [5.41, 5.74) is 0.484. The van der Waals surface area contributed by atoms with Crippen LogP contribution in [-0.4, -0.2) is 50.5 Å². The Morgan fingerprint density at radius 1 is 1.11 bits per heavy atom. The van der Waals surface area contributed by atoms with Gasteiger partial charge < -0.3 is 19.9 Å². The van der Waals surface area contributed by atoms with Crippen LogP contribution in [0.1, 0.15) is 12.8 Å². The highest BCUT2D eigenvalue weighted by atomic mass is 32.2. The number of rotatable bonds is 6. The Morgan fingerprint density at radius 2 is 1.79 bits per heavy atom. The normalized spacial score (nSPS) is 17.3. The second-order valence-corrected chi connectivity index (χ2v) is 8.22. The van der Waals surface area contributed by atoms with Gasteiger partial charge in [-0.1, -0.05) is 0 Å². The average Bonchev–Trinajstić information content (AvgIpc) is 3.20. The van der Waals surface area contributed by atoms with Crippen LogP contribution in [0.2, 0.25) is 0 Å². The molecule has 2 aromatic rings. The molecule has 8 nitrogen and oxygen atoms in total. The number of nitrogens with zero attached hydrogens (tertiary/aromatic N) is 1. The van der Waals surface area contributed by atoms with Gasteiger partial charge in [-0.2, -0.15) is 4.31 Å². The van der Waals surface area contributed by atoms with Gasteiger partial charge in [0.05, 0.1) is 19.1 Å². The third-order valence-electron chi connectivity index (χ3n) is 4.60. The van der Waals surface area contributed by atoms with Crippen LogP contribution in [0.4, 0.5) is 5.69 Å². The number of methoxy groups -OCH3 is 2. The molecular weight excluding hydrogens is 384 g/mol. The molecule has 0 spiro atoms. The number of nitrogens with one attached hydrogen (secondary N) is 1. The average molecular weight is 406 g/mol. The number of phenols is 1. The van der Waals surface area contributed by atoms with E-state index in [1.807, 2.05) is 0 Å². The molecule has 1 fully saturated rings. The van der Waals surface area contributed by atoms with Crippen molar-refractivity contribution in [1.29, 1.82) is 0 Å². The van der Waals surface area contributed by atoms with Gasteiger partial charge in [-0.15, -0.1) is 0 Å². The van der Waals surface area contributed by atoms with Gasteiger partial charge in [0.15, 0.2) is 11.5 Å². The number of carbonyl (C=O) groups is 1. The van der Waals surface area contributed by atoms with Crippen molar-refractivity contribution in [1.82, 2.24) is 4.31 Å². The van der Waals surface area contributed by atoms with Crippen LogP contribution in [0.3, 0.4) is 0 Å². The highest BCUT2D eigenvalue weighted by Crippen LogP contribution is 2.33. The number of amides is 1. The SMILES string of the molecule is COc1ccc(S(=O)(=O)N2CCCC2C(=O)Nc2ccc(O)cc2)cc1OC. The Labute approximate surface area is 163 Å². The third kappa shape index (κ3) is 3.90. The largest absolute Gasteiger partial charge is 0.508 e. The highest BCUT2D eigenvalue weighted by molar-refractivity contribution is 7.89. The molecule has 9 heteroatoms. The lowest BCUT2D eigenvalue weighted by Gasteiger charge is -2.24. The van der Waals surface area contributed by atoms with Crippen LogP contribution in [-0.2, 0) is 14.8 Å². The number of phenolic OH excluding ortho intramolecular Hbond substituents is 1. The third-order valence-corrected chi connectivity index (χ3v) is 6.51. The highest BCUT2D eigenvalue weighted by Gasteiger charge is 2.39. The van der Waals surface area contributed by atoms with Crippen molar-refractivity contribution in [3.63, 3.8) is 0 Å². The number of sulfonamides is 1. The standard InChI is InChI=1S/C19H22N2O6S/c1-26-17-10-9-15(12-18(17)27-2)28(24,25)21-11-3-4-16(21)19(23)20-13-5-7-14(22)8-6-13/h5-10,12,16,22H,3-4,11H2,1-2H3,(H,20,23). The quantitative estimate of drug-likeness (QED) is 0.713. The molecule has 150 valence electrons. The summed E-state index contributed by atoms with van der Waals surface area (Å²) in [5.74, 6) is 0.390. The van der Waals surface area contributed by atoms with E-state index in [0.717, 1.165) is 0 Å². The van der Waals surface area contributed by atoms with E-state index < -0.39 is 22.0 Å². The zero-order valence-electron chi connectivity index (χ0n) is 15.6. The molecule has 0 radical (unpaired) electrons. The maximum atomic E-state index is 13.1. The number of ether oxygens (including phenoxy) is 2. The van der Waals surface area contributed by atoms with E-state index in [2.05, 4.69) is 5.32 Å². The molecule has 1 amide bonds. The summed E-state index contributed by atoms with van der Waals surface area (Å²) in [6.07, 6.45) is 1.01. The molecule has 1 aliphatic rings. The lowest BCUT2D eigenvalue weighted by atomic mass is 10.2. The van der Waals surface area contributed by atoms with E-state index in [1.54, 1.807) is 12.1 Å². The molecule has 28 heavy (non-hydrogen) atoms. The van der Waals surface area contributed by atoms with Gasteiger partial charge in [-0.05, 0) is 49.2 Å². The first-order valence-corrected chi connectivity index (χ1v) is 10.1. The summed E-state index contributed by atoms with van der Waals surface area (Å²) in [6.45, 7) is 0.254. The van der Waals surface area contributed by atoms with Gasteiger partial charge in [0.25, 0.3) is 0 Å². The van der Waals surface area contributed by atoms with E-state index in [4.69, 9.17) is 9.47 Å². The monoisotopic (exact) mass is 406 g/mol. The molecule has 1 heterocycles. The number of hydrogen-bond donors (Lipinski definition) is 2. The van der Waals surface area contributed by atoms with Crippen molar-refractivity contribution in [2.75, 3.05) is 26.1 Å². The number of benzene rings is 2. The van der Waals surface area contributed by atoms with E-state index in [1.165, 1.54) is 48.9 Å². The fourth-order valence-electron chi connectivity index (χ4n) is 3.17. The second kappa shape index (κ2) is 8.07. The lowest BCUT2D eigenvalue weighted by molar-refractivity contribution is -0.119. The van der Waals surface area contributed by atoms with Crippen molar-refractivity contribution in [3.05, 3.63) is 42.5 Å². The molecule has 0 aromatic heterocycles. The van der Waals surface area contributed by atoms with Crippen LogP contribution < -0.4 is 14.8 Å². The first-order chi connectivity index (χ1) is 13.4. The number of carbonyl (C=O) groups excluding carboxylic acids is 1. The minimum atomic E-state index is -3.89. The topological polar surface area (TPSA) is 105 Å². The van der Waals surface area contributed by atoms with Gasteiger partial charge in [-0.25, -0.2) is 8.42 Å². The molecular formula is C19H22N2O6S. The Balaban J connectivity index is 1.84. The van der Waals surface area contributed by atoms with Crippen molar-refractivity contribution in [2.45, 2.75) is 23.8 Å². The predicted octanol–water partition coefficient (Wildman–Crippen LogP) is 2.20. The minimum Gasteiger partial charge on any atom is -0.508 e. The number of anilines is 1. The van der Waals surface area contributed by atoms with E-state index >= 15 is 0 Å². The summed E-state index contributed by atoms with van der Waals surface area (Å²) in [7, 11) is -0.995. The Bertz CT molecular complexity index is 959.